The average Bonchev–Trinajstić information content (AvgIpc) is 3.04. The molecule has 1 aliphatic carbocycles. The van der Waals surface area contributed by atoms with Crippen LogP contribution in [0.2, 0.25) is 0 Å². The first kappa shape index (κ1) is 13.6. The molecule has 0 unspecified atom stereocenters. The van der Waals surface area contributed by atoms with E-state index in [1.165, 1.54) is 10.9 Å². The fourth-order valence-corrected chi connectivity index (χ4v) is 2.61. The minimum atomic E-state index is 0.463. The summed E-state index contributed by atoms with van der Waals surface area (Å²) in [4.78, 5) is 8.69. The molecule has 0 amide bonds. The Kier molecular flexibility index (Phi) is 4.15. The molecule has 1 aromatic carbocycles. The Morgan fingerprint density at radius 2 is 2.05 bits per heavy atom. The van der Waals surface area contributed by atoms with Crippen LogP contribution in [0.25, 0.3) is 10.9 Å². The van der Waals surface area contributed by atoms with E-state index in [9.17, 15) is 0 Å². The van der Waals surface area contributed by atoms with Crippen LogP contribution in [0.4, 0.5) is 0 Å². The Balaban J connectivity index is 1.67. The lowest BCUT2D eigenvalue weighted by molar-refractivity contribution is 0.633. The molecule has 2 N–H and O–H groups in total. The molecule has 1 heterocycles. The number of aromatic nitrogens is 1. The SMILES string of the molecule is CN=C(NCc1ccnc2ccccc12)NC1CC=CC1. The molecule has 21 heavy (non-hydrogen) atoms. The van der Waals surface area contributed by atoms with E-state index in [-0.39, 0.29) is 0 Å². The molecule has 4 heteroatoms. The van der Waals surface area contributed by atoms with Gasteiger partial charge in [-0.3, -0.25) is 9.98 Å². The molecule has 4 nitrogen and oxygen atoms in total. The van der Waals surface area contributed by atoms with Gasteiger partial charge in [0.15, 0.2) is 5.96 Å². The van der Waals surface area contributed by atoms with Crippen molar-refractivity contribution >= 4 is 16.9 Å². The average molecular weight is 280 g/mol. The molecule has 0 bridgehead atoms. The number of guanidine groups is 1. The summed E-state index contributed by atoms with van der Waals surface area (Å²) in [6.45, 7) is 0.739. The summed E-state index contributed by atoms with van der Waals surface area (Å²) in [5, 5.41) is 8.02. The largest absolute Gasteiger partial charge is 0.353 e. The molecule has 1 aliphatic rings. The van der Waals surface area contributed by atoms with Crippen molar-refractivity contribution in [2.45, 2.75) is 25.4 Å². The zero-order valence-electron chi connectivity index (χ0n) is 12.2. The lowest BCUT2D eigenvalue weighted by Crippen LogP contribution is -2.42. The van der Waals surface area contributed by atoms with E-state index in [2.05, 4.69) is 44.9 Å². The molecular formula is C17H20N4. The number of aliphatic imine (C=N–C) groups is 1. The van der Waals surface area contributed by atoms with Crippen LogP contribution in [-0.4, -0.2) is 24.0 Å². The van der Waals surface area contributed by atoms with Crippen LogP contribution < -0.4 is 10.6 Å². The number of para-hydroxylation sites is 1. The Morgan fingerprint density at radius 1 is 1.24 bits per heavy atom. The van der Waals surface area contributed by atoms with Crippen molar-refractivity contribution in [1.29, 1.82) is 0 Å². The number of pyridine rings is 1. The maximum absolute atomic E-state index is 4.39. The molecule has 0 radical (unpaired) electrons. The van der Waals surface area contributed by atoms with Crippen LogP contribution in [0.5, 0.6) is 0 Å². The van der Waals surface area contributed by atoms with Crippen LogP contribution in [-0.2, 0) is 6.54 Å². The number of rotatable bonds is 3. The number of hydrogen-bond donors (Lipinski definition) is 2. The second kappa shape index (κ2) is 6.39. The molecule has 0 aliphatic heterocycles. The fraction of sp³-hybridized carbons (Fsp3) is 0.294. The van der Waals surface area contributed by atoms with E-state index in [1.54, 1.807) is 0 Å². The normalized spacial score (nSPS) is 15.6. The van der Waals surface area contributed by atoms with Crippen molar-refractivity contribution in [3.05, 3.63) is 54.2 Å². The van der Waals surface area contributed by atoms with Gasteiger partial charge in [0.2, 0.25) is 0 Å². The van der Waals surface area contributed by atoms with Gasteiger partial charge in [-0.25, -0.2) is 0 Å². The van der Waals surface area contributed by atoms with Crippen LogP contribution >= 0.6 is 0 Å². The highest BCUT2D eigenvalue weighted by molar-refractivity contribution is 5.83. The molecular weight excluding hydrogens is 260 g/mol. The van der Waals surface area contributed by atoms with E-state index in [1.807, 2.05) is 31.4 Å². The van der Waals surface area contributed by atoms with Crippen molar-refractivity contribution < 1.29 is 0 Å². The van der Waals surface area contributed by atoms with Gasteiger partial charge in [-0.1, -0.05) is 30.4 Å². The maximum atomic E-state index is 4.39. The summed E-state index contributed by atoms with van der Waals surface area (Å²) in [7, 11) is 1.81. The molecule has 0 fully saturated rings. The first-order valence-electron chi connectivity index (χ1n) is 7.31. The van der Waals surface area contributed by atoms with E-state index in [0.717, 1.165) is 30.9 Å². The molecule has 3 rings (SSSR count). The Labute approximate surface area is 125 Å². The van der Waals surface area contributed by atoms with Gasteiger partial charge in [0, 0.05) is 31.2 Å². The summed E-state index contributed by atoms with van der Waals surface area (Å²) in [6, 6.07) is 10.7. The van der Waals surface area contributed by atoms with Crippen LogP contribution in [0, 0.1) is 0 Å². The predicted octanol–water partition coefficient (Wildman–Crippen LogP) is 2.62. The minimum absolute atomic E-state index is 0.463. The van der Waals surface area contributed by atoms with E-state index in [0.29, 0.717) is 6.04 Å². The number of nitrogens with zero attached hydrogens (tertiary/aromatic N) is 2. The van der Waals surface area contributed by atoms with Crippen molar-refractivity contribution in [2.24, 2.45) is 4.99 Å². The van der Waals surface area contributed by atoms with Gasteiger partial charge in [0.05, 0.1) is 5.52 Å². The molecule has 108 valence electrons. The molecule has 2 aromatic rings. The third kappa shape index (κ3) is 3.21. The summed E-state index contributed by atoms with van der Waals surface area (Å²) < 4.78 is 0. The van der Waals surface area contributed by atoms with Crippen molar-refractivity contribution in [2.75, 3.05) is 7.05 Å². The van der Waals surface area contributed by atoms with Gasteiger partial charge in [-0.05, 0) is 30.5 Å². The first-order valence-corrected chi connectivity index (χ1v) is 7.31. The molecule has 0 saturated heterocycles. The maximum Gasteiger partial charge on any atom is 0.191 e. The monoisotopic (exact) mass is 280 g/mol. The Bertz CT molecular complexity index is 662. The highest BCUT2D eigenvalue weighted by Crippen LogP contribution is 2.15. The van der Waals surface area contributed by atoms with Crippen LogP contribution in [0.1, 0.15) is 18.4 Å². The Hall–Kier alpha value is -2.36. The molecule has 1 aromatic heterocycles. The minimum Gasteiger partial charge on any atom is -0.353 e. The smallest absolute Gasteiger partial charge is 0.191 e. The van der Waals surface area contributed by atoms with Gasteiger partial charge in [-0.2, -0.15) is 0 Å². The van der Waals surface area contributed by atoms with E-state index in [4.69, 9.17) is 0 Å². The van der Waals surface area contributed by atoms with E-state index >= 15 is 0 Å². The lowest BCUT2D eigenvalue weighted by Gasteiger charge is -2.17. The molecule has 0 spiro atoms. The molecule has 0 saturated carbocycles. The van der Waals surface area contributed by atoms with Crippen molar-refractivity contribution in [3.8, 4) is 0 Å². The number of hydrogen-bond acceptors (Lipinski definition) is 2. The summed E-state index contributed by atoms with van der Waals surface area (Å²) in [5.74, 6) is 0.851. The number of benzene rings is 1. The zero-order valence-corrected chi connectivity index (χ0v) is 12.2. The predicted molar refractivity (Wildman–Crippen MR) is 87.2 cm³/mol. The van der Waals surface area contributed by atoms with Crippen LogP contribution in [0.15, 0.2) is 53.7 Å². The van der Waals surface area contributed by atoms with Gasteiger partial charge >= 0.3 is 0 Å². The number of fused-ring (bicyclic) bond motifs is 1. The quantitative estimate of drug-likeness (QED) is 0.516. The summed E-state index contributed by atoms with van der Waals surface area (Å²) >= 11 is 0. The standard InChI is InChI=1S/C17H20N4/c1-18-17(21-14-6-2-3-7-14)20-12-13-10-11-19-16-9-5-4-8-15(13)16/h2-5,8-11,14H,6-7,12H2,1H3,(H2,18,20,21). The highest BCUT2D eigenvalue weighted by atomic mass is 15.2. The first-order chi connectivity index (χ1) is 10.4. The molecule has 0 atom stereocenters. The zero-order chi connectivity index (χ0) is 14.5. The fourth-order valence-electron chi connectivity index (χ4n) is 2.61. The van der Waals surface area contributed by atoms with Gasteiger partial charge in [-0.15, -0.1) is 0 Å². The van der Waals surface area contributed by atoms with Gasteiger partial charge < -0.3 is 10.6 Å². The third-order valence-electron chi connectivity index (χ3n) is 3.76. The van der Waals surface area contributed by atoms with Gasteiger partial charge in [0.1, 0.15) is 0 Å². The van der Waals surface area contributed by atoms with Crippen molar-refractivity contribution in [1.82, 2.24) is 15.6 Å². The second-order valence-electron chi connectivity index (χ2n) is 5.20. The second-order valence-corrected chi connectivity index (χ2v) is 5.20. The number of nitrogens with one attached hydrogen (secondary N) is 2. The lowest BCUT2D eigenvalue weighted by atomic mass is 10.1. The topological polar surface area (TPSA) is 49.3 Å². The third-order valence-corrected chi connectivity index (χ3v) is 3.76. The van der Waals surface area contributed by atoms with E-state index < -0.39 is 0 Å². The highest BCUT2D eigenvalue weighted by Gasteiger charge is 2.11. The summed E-state index contributed by atoms with van der Waals surface area (Å²) in [6.07, 6.45) is 8.41. The Morgan fingerprint density at radius 3 is 2.86 bits per heavy atom. The van der Waals surface area contributed by atoms with Gasteiger partial charge in [0.25, 0.3) is 0 Å². The summed E-state index contributed by atoms with van der Waals surface area (Å²) in [5.41, 5.74) is 2.26. The van der Waals surface area contributed by atoms with Crippen molar-refractivity contribution in [3.63, 3.8) is 0 Å². The van der Waals surface area contributed by atoms with Crippen LogP contribution in [0.3, 0.4) is 0 Å².